The summed E-state index contributed by atoms with van der Waals surface area (Å²) < 4.78 is 91.0. The molecule has 8 rings (SSSR count). The third-order valence-electron chi connectivity index (χ3n) is 11.1. The minimum absolute atomic E-state index is 0.00301. The predicted octanol–water partition coefficient (Wildman–Crippen LogP) is 8.86. The fraction of sp³-hybridized carbons (Fsp3) is 0.250. The molecule has 6 aromatic rings. The smallest absolute Gasteiger partial charge is 0.334 e. The van der Waals surface area contributed by atoms with Crippen molar-refractivity contribution in [2.45, 2.75) is 79.3 Å². The lowest BCUT2D eigenvalue weighted by molar-refractivity contribution is -0.385. The first-order valence-corrected chi connectivity index (χ1v) is 21.6. The van der Waals surface area contributed by atoms with Crippen LogP contribution >= 0.6 is 0 Å². The number of carbonyl (C=O) groups excluding carboxylic acids is 4. The average molecular weight is 1000 g/mol. The first kappa shape index (κ1) is 52.8. The van der Waals surface area contributed by atoms with Crippen molar-refractivity contribution in [1.82, 2.24) is 29.7 Å². The highest BCUT2D eigenvalue weighted by Crippen LogP contribution is 2.33. The van der Waals surface area contributed by atoms with Gasteiger partial charge in [-0.1, -0.05) is 13.8 Å². The van der Waals surface area contributed by atoms with Gasteiger partial charge in [0, 0.05) is 99.2 Å². The van der Waals surface area contributed by atoms with E-state index in [-0.39, 0.29) is 59.3 Å². The van der Waals surface area contributed by atoms with Crippen molar-refractivity contribution in [3.8, 4) is 22.5 Å². The van der Waals surface area contributed by atoms with Gasteiger partial charge in [0.2, 0.25) is 23.5 Å². The van der Waals surface area contributed by atoms with Gasteiger partial charge in [-0.15, -0.1) is 0 Å². The van der Waals surface area contributed by atoms with Gasteiger partial charge in [-0.3, -0.25) is 49.4 Å². The lowest BCUT2D eigenvalue weighted by atomic mass is 10.1. The van der Waals surface area contributed by atoms with Crippen LogP contribution in [-0.2, 0) is 64.6 Å². The fourth-order valence-corrected chi connectivity index (χ4v) is 7.56. The van der Waals surface area contributed by atoms with Crippen LogP contribution in [0, 0.1) is 43.5 Å². The molecule has 24 heteroatoms. The largest absolute Gasteiger partial charge is 0.471 e. The van der Waals surface area contributed by atoms with E-state index in [1.165, 1.54) is 18.2 Å². The highest BCUT2D eigenvalue weighted by Gasteiger charge is 2.44. The van der Waals surface area contributed by atoms with Crippen molar-refractivity contribution in [2.75, 3.05) is 4.90 Å². The Hall–Kier alpha value is -8.57. The molecule has 0 saturated carbocycles. The molecular weight excluding hydrogens is 964 g/mol. The lowest BCUT2D eigenvalue weighted by Gasteiger charge is -2.16. The molecule has 0 atom stereocenters. The number of rotatable bonds is 9. The number of fused-ring (bicyclic) bond motifs is 2. The molecule has 72 heavy (non-hydrogen) atoms. The van der Waals surface area contributed by atoms with Gasteiger partial charge in [0.15, 0.2) is 0 Å². The van der Waals surface area contributed by atoms with Crippen LogP contribution in [0.5, 0.6) is 0 Å². The van der Waals surface area contributed by atoms with Crippen molar-refractivity contribution in [1.29, 1.82) is 0 Å². The van der Waals surface area contributed by atoms with Crippen molar-refractivity contribution in [3.63, 3.8) is 0 Å². The van der Waals surface area contributed by atoms with E-state index in [2.05, 4.69) is 19.9 Å². The standard InChI is InChI=1S/C22H18F2N4O3.C15H11F2N3O4.C11H11F3N2O/c1-2-16-7-13-11-27(12-14(13)10-25-16)22(29)9-20-21(28(30)31)6-5-19(26-20)17-4-3-15(23)8-18(17)24;1-8(21)19(9(2)22)15-14(20(23)24)6-5-13(18-15)11-4-3-10(16)7-12(11)17;1-2-9-3-7-5-16(6-8(7)4-15-9)10(17)11(12,13)14/h3-8,10H,2,9,11-12H2,1H3;3-7H,1-2H3;3-4H,2,5-6H2,1H3. The number of aryl methyl sites for hydroxylation is 2. The van der Waals surface area contributed by atoms with Crippen molar-refractivity contribution in [3.05, 3.63) is 168 Å². The van der Waals surface area contributed by atoms with Gasteiger partial charge in [0.05, 0.1) is 27.7 Å². The van der Waals surface area contributed by atoms with Crippen LogP contribution in [0.1, 0.15) is 67.0 Å². The van der Waals surface area contributed by atoms with Gasteiger partial charge in [-0.05, 0) is 83.6 Å². The molecule has 2 aliphatic heterocycles. The summed E-state index contributed by atoms with van der Waals surface area (Å²) in [7, 11) is 0. The van der Waals surface area contributed by atoms with E-state index < -0.39 is 68.5 Å². The zero-order valence-electron chi connectivity index (χ0n) is 38.5. The molecule has 4 amide bonds. The molecular formula is C48H40F7N9O8. The van der Waals surface area contributed by atoms with Gasteiger partial charge < -0.3 is 9.80 Å². The molecule has 17 nitrogen and oxygen atoms in total. The first-order valence-electron chi connectivity index (χ1n) is 21.6. The maximum absolute atomic E-state index is 14.2. The number of alkyl halides is 3. The number of pyridine rings is 4. The van der Waals surface area contributed by atoms with E-state index in [1.807, 2.05) is 19.9 Å². The van der Waals surface area contributed by atoms with Gasteiger partial charge in [-0.2, -0.15) is 13.2 Å². The Balaban J connectivity index is 0.000000185. The number of anilines is 1. The third-order valence-corrected chi connectivity index (χ3v) is 11.1. The number of imide groups is 1. The summed E-state index contributed by atoms with van der Waals surface area (Å²) >= 11 is 0. The molecule has 374 valence electrons. The highest BCUT2D eigenvalue weighted by molar-refractivity contribution is 6.13. The second kappa shape index (κ2) is 22.0. The molecule has 0 fully saturated rings. The Morgan fingerprint density at radius 3 is 1.51 bits per heavy atom. The Kier molecular flexibility index (Phi) is 16.1. The molecule has 0 aliphatic carbocycles. The highest BCUT2D eigenvalue weighted by atomic mass is 19.4. The van der Waals surface area contributed by atoms with Crippen LogP contribution in [0.2, 0.25) is 0 Å². The summed E-state index contributed by atoms with van der Waals surface area (Å²) in [6.45, 7) is 6.76. The lowest BCUT2D eigenvalue weighted by Crippen LogP contribution is -2.37. The van der Waals surface area contributed by atoms with E-state index in [1.54, 1.807) is 23.4 Å². The first-order chi connectivity index (χ1) is 34.0. The van der Waals surface area contributed by atoms with Crippen LogP contribution in [0.15, 0.2) is 85.2 Å². The number of hydrogen-bond donors (Lipinski definition) is 0. The molecule has 2 aliphatic rings. The number of benzene rings is 2. The summed E-state index contributed by atoms with van der Waals surface area (Å²) in [4.78, 5) is 87.8. The van der Waals surface area contributed by atoms with Crippen molar-refractivity contribution < 1.29 is 59.8 Å². The summed E-state index contributed by atoms with van der Waals surface area (Å²) in [5.41, 5.74) is 4.04. The van der Waals surface area contributed by atoms with E-state index >= 15 is 0 Å². The van der Waals surface area contributed by atoms with E-state index in [4.69, 9.17) is 0 Å². The van der Waals surface area contributed by atoms with Crippen LogP contribution in [-0.4, -0.2) is 69.4 Å². The molecule has 4 aromatic heterocycles. The van der Waals surface area contributed by atoms with E-state index in [9.17, 15) is 70.1 Å². The Labute approximate surface area is 404 Å². The zero-order chi connectivity index (χ0) is 52.8. The number of hydrogen-bond acceptors (Lipinski definition) is 12. The SMILES string of the molecule is CC(=O)N(C(C)=O)c1nc(-c2ccc(F)cc2F)ccc1[N+](=O)[O-].CCc1cc2c(cn1)CN(C(=O)C(F)(F)F)C2.CCc1cc2c(cn1)CN(C(=O)Cc1nc(-c3ccc(F)cc3F)ccc1[N+](=O)[O-])C2. The molecule has 2 aromatic carbocycles. The molecule has 6 heterocycles. The average Bonchev–Trinajstić information content (AvgIpc) is 3.95. The zero-order valence-corrected chi connectivity index (χ0v) is 38.5. The van der Waals surface area contributed by atoms with Crippen LogP contribution in [0.4, 0.5) is 47.9 Å². The molecule has 0 bridgehead atoms. The molecule has 0 N–H and O–H groups in total. The number of halogens is 7. The molecule has 0 saturated heterocycles. The maximum atomic E-state index is 14.2. The van der Waals surface area contributed by atoms with Gasteiger partial charge >= 0.3 is 17.8 Å². The van der Waals surface area contributed by atoms with Crippen molar-refractivity contribution >= 4 is 40.8 Å². The number of carbonyl (C=O) groups is 4. The van der Waals surface area contributed by atoms with Gasteiger partial charge in [0.1, 0.15) is 29.0 Å². The Bertz CT molecular complexity index is 3130. The topological polar surface area (TPSA) is 216 Å². The van der Waals surface area contributed by atoms with E-state index in [0.29, 0.717) is 35.7 Å². The van der Waals surface area contributed by atoms with Crippen LogP contribution in [0.3, 0.4) is 0 Å². The molecule has 0 unspecified atom stereocenters. The van der Waals surface area contributed by atoms with Gasteiger partial charge in [-0.25, -0.2) is 32.4 Å². The van der Waals surface area contributed by atoms with E-state index in [0.717, 1.165) is 90.0 Å². The summed E-state index contributed by atoms with van der Waals surface area (Å²) in [5.74, 6) is -7.52. The third kappa shape index (κ3) is 12.2. The minimum atomic E-state index is -4.80. The van der Waals surface area contributed by atoms with Gasteiger partial charge in [0.25, 0.3) is 5.69 Å². The van der Waals surface area contributed by atoms with Crippen LogP contribution < -0.4 is 4.90 Å². The predicted molar refractivity (Wildman–Crippen MR) is 242 cm³/mol. The quantitative estimate of drug-likeness (QED) is 0.0754. The Morgan fingerprint density at radius 1 is 0.625 bits per heavy atom. The Morgan fingerprint density at radius 2 is 1.07 bits per heavy atom. The maximum Gasteiger partial charge on any atom is 0.471 e. The fourth-order valence-electron chi connectivity index (χ4n) is 7.56. The number of amides is 4. The summed E-state index contributed by atoms with van der Waals surface area (Å²) in [6.07, 6.45) is -0.305. The van der Waals surface area contributed by atoms with Crippen LogP contribution in [0.25, 0.3) is 22.5 Å². The number of aromatic nitrogens is 4. The number of nitro groups is 2. The van der Waals surface area contributed by atoms with Crippen molar-refractivity contribution in [2.24, 2.45) is 0 Å². The molecule has 0 spiro atoms. The summed E-state index contributed by atoms with van der Waals surface area (Å²) in [5, 5.41) is 22.6. The number of nitrogens with zero attached hydrogens (tertiary/aromatic N) is 9. The summed E-state index contributed by atoms with van der Waals surface area (Å²) in [6, 6.07) is 14.1. The minimum Gasteiger partial charge on any atom is -0.334 e. The normalized spacial score (nSPS) is 12.4. The monoisotopic (exact) mass is 1000 g/mol. The second-order valence-corrected chi connectivity index (χ2v) is 16.0. The molecule has 0 radical (unpaired) electrons. The second-order valence-electron chi connectivity index (χ2n) is 16.0.